The highest BCUT2D eigenvalue weighted by Crippen LogP contribution is 2.01. The smallest absolute Gasteiger partial charge is 0.241 e. The van der Waals surface area contributed by atoms with E-state index in [1.54, 1.807) is 11.8 Å². The molecule has 1 unspecified atom stereocenters. The lowest BCUT2D eigenvalue weighted by molar-refractivity contribution is -0.129. The predicted octanol–water partition coefficient (Wildman–Crippen LogP) is 1.49. The lowest BCUT2D eigenvalue weighted by Crippen LogP contribution is -2.36. The summed E-state index contributed by atoms with van der Waals surface area (Å²) in [6, 6.07) is 0. The van der Waals surface area contributed by atoms with Crippen LogP contribution in [0.15, 0.2) is 0 Å². The number of amides is 1. The van der Waals surface area contributed by atoms with Gasteiger partial charge in [0.25, 0.3) is 0 Å². The Morgan fingerprint density at radius 2 is 2.33 bits per heavy atom. The summed E-state index contributed by atoms with van der Waals surface area (Å²) in [6.45, 7) is 4.68. The SMILES string of the molecule is C#CCN(CCC)C(=O)C(C)Cl. The van der Waals surface area contributed by atoms with Crippen molar-refractivity contribution >= 4 is 17.5 Å². The van der Waals surface area contributed by atoms with Crippen molar-refractivity contribution < 1.29 is 4.79 Å². The van der Waals surface area contributed by atoms with E-state index in [0.29, 0.717) is 13.1 Å². The van der Waals surface area contributed by atoms with Crippen molar-refractivity contribution in [1.82, 2.24) is 4.90 Å². The van der Waals surface area contributed by atoms with Gasteiger partial charge < -0.3 is 4.90 Å². The molecule has 0 bridgehead atoms. The molecule has 0 rings (SSSR count). The van der Waals surface area contributed by atoms with Gasteiger partial charge >= 0.3 is 0 Å². The second-order valence-corrected chi connectivity index (χ2v) is 3.23. The summed E-state index contributed by atoms with van der Waals surface area (Å²) in [5, 5.41) is -0.482. The molecule has 3 heteroatoms. The molecular weight excluding hydrogens is 174 g/mol. The van der Waals surface area contributed by atoms with Crippen LogP contribution in [0.4, 0.5) is 0 Å². The first-order chi connectivity index (χ1) is 5.63. The number of alkyl halides is 1. The fraction of sp³-hybridized carbons (Fsp3) is 0.667. The molecule has 1 amide bonds. The molecule has 0 radical (unpaired) electrons. The fourth-order valence-corrected chi connectivity index (χ4v) is 1.04. The monoisotopic (exact) mass is 187 g/mol. The van der Waals surface area contributed by atoms with Crippen molar-refractivity contribution in [2.45, 2.75) is 25.6 Å². The van der Waals surface area contributed by atoms with E-state index in [1.807, 2.05) is 6.92 Å². The van der Waals surface area contributed by atoms with Crippen molar-refractivity contribution in [1.29, 1.82) is 0 Å². The van der Waals surface area contributed by atoms with Crippen LogP contribution in [0.3, 0.4) is 0 Å². The zero-order valence-corrected chi connectivity index (χ0v) is 8.27. The molecule has 68 valence electrons. The van der Waals surface area contributed by atoms with Crippen molar-refractivity contribution in [3.05, 3.63) is 0 Å². The predicted molar refractivity (Wildman–Crippen MR) is 51.0 cm³/mol. The van der Waals surface area contributed by atoms with E-state index >= 15 is 0 Å². The largest absolute Gasteiger partial charge is 0.330 e. The van der Waals surface area contributed by atoms with Gasteiger partial charge in [-0.3, -0.25) is 4.79 Å². The second kappa shape index (κ2) is 5.91. The third-order valence-electron chi connectivity index (χ3n) is 1.43. The molecule has 0 aliphatic carbocycles. The maximum atomic E-state index is 11.3. The Labute approximate surface area is 78.9 Å². The van der Waals surface area contributed by atoms with E-state index in [1.165, 1.54) is 0 Å². The second-order valence-electron chi connectivity index (χ2n) is 2.58. The van der Waals surface area contributed by atoms with Crippen LogP contribution >= 0.6 is 11.6 Å². The molecule has 0 saturated carbocycles. The third kappa shape index (κ3) is 3.64. The highest BCUT2D eigenvalue weighted by Gasteiger charge is 2.16. The fourth-order valence-electron chi connectivity index (χ4n) is 0.899. The molecule has 12 heavy (non-hydrogen) atoms. The van der Waals surface area contributed by atoms with Gasteiger partial charge in [0.15, 0.2) is 0 Å². The number of hydrogen-bond acceptors (Lipinski definition) is 1. The molecule has 0 aromatic rings. The van der Waals surface area contributed by atoms with Crippen LogP contribution < -0.4 is 0 Å². The van der Waals surface area contributed by atoms with Crippen molar-refractivity contribution in [2.24, 2.45) is 0 Å². The zero-order valence-electron chi connectivity index (χ0n) is 7.51. The Morgan fingerprint density at radius 1 is 1.75 bits per heavy atom. The lowest BCUT2D eigenvalue weighted by Gasteiger charge is -2.20. The van der Waals surface area contributed by atoms with E-state index < -0.39 is 5.38 Å². The summed E-state index contributed by atoms with van der Waals surface area (Å²) in [5.74, 6) is 2.35. The third-order valence-corrected chi connectivity index (χ3v) is 1.61. The van der Waals surface area contributed by atoms with Gasteiger partial charge in [-0.05, 0) is 13.3 Å². The normalized spacial score (nSPS) is 11.8. The zero-order chi connectivity index (χ0) is 9.56. The minimum Gasteiger partial charge on any atom is -0.330 e. The maximum absolute atomic E-state index is 11.3. The van der Waals surface area contributed by atoms with E-state index in [0.717, 1.165) is 6.42 Å². The Hall–Kier alpha value is -0.680. The van der Waals surface area contributed by atoms with E-state index in [-0.39, 0.29) is 5.91 Å². The lowest BCUT2D eigenvalue weighted by atomic mass is 10.3. The quantitative estimate of drug-likeness (QED) is 0.483. The van der Waals surface area contributed by atoms with Gasteiger partial charge in [0.05, 0.1) is 6.54 Å². The first-order valence-electron chi connectivity index (χ1n) is 3.99. The standard InChI is InChI=1S/C9H14ClNO/c1-4-6-11(7-5-2)9(12)8(3)10/h1,8H,5-7H2,2-3H3. The summed E-state index contributed by atoms with van der Waals surface area (Å²) in [6.07, 6.45) is 6.01. The number of terminal acetylenes is 1. The Bertz CT molecular complexity index is 183. The summed E-state index contributed by atoms with van der Waals surface area (Å²) >= 11 is 5.63. The minimum absolute atomic E-state index is 0.0866. The highest BCUT2D eigenvalue weighted by atomic mass is 35.5. The average Bonchev–Trinajstić information content (AvgIpc) is 2.03. The van der Waals surface area contributed by atoms with E-state index in [4.69, 9.17) is 18.0 Å². The van der Waals surface area contributed by atoms with Crippen LogP contribution in [-0.2, 0) is 4.79 Å². The van der Waals surface area contributed by atoms with Crippen molar-refractivity contribution in [2.75, 3.05) is 13.1 Å². The van der Waals surface area contributed by atoms with E-state index in [2.05, 4.69) is 5.92 Å². The first kappa shape index (κ1) is 11.3. The van der Waals surface area contributed by atoms with Gasteiger partial charge in [0.1, 0.15) is 5.38 Å². The van der Waals surface area contributed by atoms with Gasteiger partial charge in [0, 0.05) is 6.54 Å². The maximum Gasteiger partial charge on any atom is 0.241 e. The van der Waals surface area contributed by atoms with Crippen LogP contribution in [-0.4, -0.2) is 29.3 Å². The van der Waals surface area contributed by atoms with Gasteiger partial charge in [-0.15, -0.1) is 18.0 Å². The number of carbonyl (C=O) groups excluding carboxylic acids is 1. The number of nitrogens with zero attached hydrogens (tertiary/aromatic N) is 1. The van der Waals surface area contributed by atoms with Crippen LogP contribution in [0.25, 0.3) is 0 Å². The van der Waals surface area contributed by atoms with Crippen molar-refractivity contribution in [3.63, 3.8) is 0 Å². The molecule has 0 spiro atoms. The van der Waals surface area contributed by atoms with Crippen molar-refractivity contribution in [3.8, 4) is 12.3 Å². The molecule has 0 aliphatic rings. The molecule has 0 saturated heterocycles. The summed E-state index contributed by atoms with van der Waals surface area (Å²) in [5.41, 5.74) is 0. The summed E-state index contributed by atoms with van der Waals surface area (Å²) in [7, 11) is 0. The number of hydrogen-bond donors (Lipinski definition) is 0. The first-order valence-corrected chi connectivity index (χ1v) is 4.43. The van der Waals surface area contributed by atoms with Gasteiger partial charge in [-0.2, -0.15) is 0 Å². The van der Waals surface area contributed by atoms with Gasteiger partial charge in [0.2, 0.25) is 5.91 Å². The van der Waals surface area contributed by atoms with Gasteiger partial charge in [-0.1, -0.05) is 12.8 Å². The molecule has 0 aromatic heterocycles. The molecule has 0 fully saturated rings. The van der Waals surface area contributed by atoms with E-state index in [9.17, 15) is 4.79 Å². The van der Waals surface area contributed by atoms with Crippen LogP contribution in [0.5, 0.6) is 0 Å². The van der Waals surface area contributed by atoms with Crippen LogP contribution in [0.2, 0.25) is 0 Å². The summed E-state index contributed by atoms with van der Waals surface area (Å²) in [4.78, 5) is 12.9. The summed E-state index contributed by atoms with van der Waals surface area (Å²) < 4.78 is 0. The van der Waals surface area contributed by atoms with Crippen LogP contribution in [0, 0.1) is 12.3 Å². The topological polar surface area (TPSA) is 20.3 Å². The molecule has 0 aliphatic heterocycles. The molecule has 2 nitrogen and oxygen atoms in total. The molecule has 1 atom stereocenters. The Balaban J connectivity index is 4.11. The molecule has 0 heterocycles. The molecular formula is C9H14ClNO. The van der Waals surface area contributed by atoms with Gasteiger partial charge in [-0.25, -0.2) is 0 Å². The Kier molecular flexibility index (Phi) is 5.57. The average molecular weight is 188 g/mol. The highest BCUT2D eigenvalue weighted by molar-refractivity contribution is 6.30. The number of rotatable bonds is 4. The Morgan fingerprint density at radius 3 is 2.67 bits per heavy atom. The number of carbonyl (C=O) groups is 1. The van der Waals surface area contributed by atoms with Crippen LogP contribution in [0.1, 0.15) is 20.3 Å². The number of halogens is 1. The molecule has 0 aromatic carbocycles. The molecule has 0 N–H and O–H groups in total. The minimum atomic E-state index is -0.482.